The predicted octanol–water partition coefficient (Wildman–Crippen LogP) is 5.68. The molecule has 0 unspecified atom stereocenters. The minimum atomic E-state index is 0.147. The van der Waals surface area contributed by atoms with Crippen molar-refractivity contribution in [2.45, 2.75) is 84.3 Å². The first-order chi connectivity index (χ1) is 11.6. The van der Waals surface area contributed by atoms with E-state index in [1.165, 1.54) is 76.3 Å². The van der Waals surface area contributed by atoms with Crippen LogP contribution in [0.15, 0.2) is 24.3 Å². The van der Waals surface area contributed by atoms with Crippen LogP contribution >= 0.6 is 0 Å². The number of aliphatic hydroxyl groups is 1. The quantitative estimate of drug-likeness (QED) is 0.343. The van der Waals surface area contributed by atoms with Gasteiger partial charge in [0.15, 0.2) is 0 Å². The lowest BCUT2D eigenvalue weighted by Gasteiger charge is -2.30. The number of rotatable bonds is 14. The fourth-order valence-corrected chi connectivity index (χ4v) is 3.43. The van der Waals surface area contributed by atoms with Gasteiger partial charge in [-0.05, 0) is 18.4 Å². The average Bonchev–Trinajstić information content (AvgIpc) is 2.56. The number of hydrogen-bond acceptors (Lipinski definition) is 1. The SMILES string of the molecule is CCCCCCCCCCCC[N+](C)(C)Cc1ccccc1CO. The summed E-state index contributed by atoms with van der Waals surface area (Å²) in [6, 6.07) is 8.28. The first-order valence-electron chi connectivity index (χ1n) is 10.1. The summed E-state index contributed by atoms with van der Waals surface area (Å²) in [4.78, 5) is 0. The van der Waals surface area contributed by atoms with Crippen molar-refractivity contribution in [1.29, 1.82) is 0 Å². The second-order valence-electron chi connectivity index (χ2n) is 7.93. The zero-order chi connectivity index (χ0) is 17.7. The van der Waals surface area contributed by atoms with E-state index in [0.29, 0.717) is 0 Å². The summed E-state index contributed by atoms with van der Waals surface area (Å²) in [5.74, 6) is 0. The molecule has 2 nitrogen and oxygen atoms in total. The summed E-state index contributed by atoms with van der Waals surface area (Å²) < 4.78 is 1.01. The minimum absolute atomic E-state index is 0.147. The topological polar surface area (TPSA) is 20.2 Å². The lowest BCUT2D eigenvalue weighted by Crippen LogP contribution is -2.39. The predicted molar refractivity (Wildman–Crippen MR) is 105 cm³/mol. The zero-order valence-corrected chi connectivity index (χ0v) is 16.4. The summed E-state index contributed by atoms with van der Waals surface area (Å²) >= 11 is 0. The third-order valence-electron chi connectivity index (χ3n) is 5.00. The Morgan fingerprint density at radius 3 is 1.79 bits per heavy atom. The monoisotopic (exact) mass is 334 g/mol. The Labute approximate surface area is 150 Å². The molecule has 1 aromatic rings. The molecule has 0 aliphatic rings. The molecule has 2 heteroatoms. The normalized spacial score (nSPS) is 11.8. The van der Waals surface area contributed by atoms with E-state index in [2.05, 4.69) is 33.2 Å². The number of unbranched alkanes of at least 4 members (excludes halogenated alkanes) is 9. The Bertz CT molecular complexity index is 428. The fourth-order valence-electron chi connectivity index (χ4n) is 3.43. The van der Waals surface area contributed by atoms with Gasteiger partial charge in [0.25, 0.3) is 0 Å². The standard InChI is InChI=1S/C22H40NO/c1-4-5-6-7-8-9-10-11-12-15-18-23(2,3)19-21-16-13-14-17-22(21)20-24/h13-14,16-17,24H,4-12,15,18-20H2,1-3H3/q+1. The maximum Gasteiger partial charge on any atom is 0.104 e. The van der Waals surface area contributed by atoms with E-state index < -0.39 is 0 Å². The Balaban J connectivity index is 2.13. The minimum Gasteiger partial charge on any atom is -0.392 e. The lowest BCUT2D eigenvalue weighted by atomic mass is 10.1. The second-order valence-corrected chi connectivity index (χ2v) is 7.93. The van der Waals surface area contributed by atoms with Crippen molar-refractivity contribution in [3.63, 3.8) is 0 Å². The molecular weight excluding hydrogens is 294 g/mol. The molecule has 0 amide bonds. The third-order valence-corrected chi connectivity index (χ3v) is 5.00. The lowest BCUT2D eigenvalue weighted by molar-refractivity contribution is -0.903. The maximum atomic E-state index is 9.47. The van der Waals surface area contributed by atoms with E-state index in [1.54, 1.807) is 0 Å². The van der Waals surface area contributed by atoms with Gasteiger partial charge in [0.05, 0.1) is 27.2 Å². The van der Waals surface area contributed by atoms with Crippen LogP contribution < -0.4 is 0 Å². The summed E-state index contributed by atoms with van der Waals surface area (Å²) in [7, 11) is 4.61. The molecule has 0 fully saturated rings. The van der Waals surface area contributed by atoms with Gasteiger partial charge in [0.1, 0.15) is 6.54 Å². The van der Waals surface area contributed by atoms with Gasteiger partial charge in [-0.15, -0.1) is 0 Å². The van der Waals surface area contributed by atoms with Crippen LogP contribution in [0.5, 0.6) is 0 Å². The van der Waals surface area contributed by atoms with Gasteiger partial charge in [-0.2, -0.15) is 0 Å². The number of quaternary nitrogens is 1. The Kier molecular flexibility index (Phi) is 11.0. The van der Waals surface area contributed by atoms with Crippen molar-refractivity contribution in [3.05, 3.63) is 35.4 Å². The van der Waals surface area contributed by atoms with Crippen LogP contribution in [-0.2, 0) is 13.2 Å². The Hall–Kier alpha value is -0.860. The first kappa shape index (κ1) is 21.2. The van der Waals surface area contributed by atoms with Gasteiger partial charge >= 0.3 is 0 Å². The largest absolute Gasteiger partial charge is 0.392 e. The van der Waals surface area contributed by atoms with Crippen molar-refractivity contribution in [2.75, 3.05) is 20.6 Å². The molecule has 0 saturated carbocycles. The van der Waals surface area contributed by atoms with E-state index in [-0.39, 0.29) is 6.61 Å². The highest BCUT2D eigenvalue weighted by atomic mass is 16.3. The average molecular weight is 335 g/mol. The van der Waals surface area contributed by atoms with Crippen LogP contribution in [0.3, 0.4) is 0 Å². The molecule has 0 spiro atoms. The van der Waals surface area contributed by atoms with Gasteiger partial charge in [-0.25, -0.2) is 0 Å². The number of nitrogens with zero attached hydrogens (tertiary/aromatic N) is 1. The van der Waals surface area contributed by atoms with E-state index >= 15 is 0 Å². The number of hydrogen-bond donors (Lipinski definition) is 1. The molecule has 0 radical (unpaired) electrons. The van der Waals surface area contributed by atoms with E-state index in [4.69, 9.17) is 0 Å². The molecule has 0 heterocycles. The summed E-state index contributed by atoms with van der Waals surface area (Å²) in [6.45, 7) is 4.65. The summed E-state index contributed by atoms with van der Waals surface area (Å²) in [5, 5.41) is 9.47. The Morgan fingerprint density at radius 1 is 0.750 bits per heavy atom. The molecule has 0 bridgehead atoms. The smallest absolute Gasteiger partial charge is 0.104 e. The van der Waals surface area contributed by atoms with Gasteiger partial charge in [-0.3, -0.25) is 0 Å². The highest BCUT2D eigenvalue weighted by molar-refractivity contribution is 5.25. The molecule has 0 aromatic heterocycles. The highest BCUT2D eigenvalue weighted by Crippen LogP contribution is 2.16. The van der Waals surface area contributed by atoms with Crippen molar-refractivity contribution in [1.82, 2.24) is 0 Å². The zero-order valence-electron chi connectivity index (χ0n) is 16.4. The number of benzene rings is 1. The molecule has 138 valence electrons. The van der Waals surface area contributed by atoms with Crippen molar-refractivity contribution >= 4 is 0 Å². The summed E-state index contributed by atoms with van der Waals surface area (Å²) in [5.41, 5.74) is 2.36. The molecule has 1 aromatic carbocycles. The first-order valence-corrected chi connectivity index (χ1v) is 10.1. The van der Waals surface area contributed by atoms with Crippen LogP contribution in [0, 0.1) is 0 Å². The molecular formula is C22H40NO+. The molecule has 0 aliphatic heterocycles. The van der Waals surface area contributed by atoms with Crippen molar-refractivity contribution in [3.8, 4) is 0 Å². The molecule has 0 saturated heterocycles. The number of aliphatic hydroxyl groups excluding tert-OH is 1. The van der Waals surface area contributed by atoms with Crippen LogP contribution in [-0.4, -0.2) is 30.2 Å². The van der Waals surface area contributed by atoms with Crippen LogP contribution in [0.4, 0.5) is 0 Å². The Morgan fingerprint density at radius 2 is 1.25 bits per heavy atom. The maximum absolute atomic E-state index is 9.47. The van der Waals surface area contributed by atoms with Gasteiger partial charge in [0.2, 0.25) is 0 Å². The van der Waals surface area contributed by atoms with Crippen LogP contribution in [0.1, 0.15) is 82.3 Å². The van der Waals surface area contributed by atoms with E-state index in [1.807, 2.05) is 12.1 Å². The molecule has 0 atom stereocenters. The van der Waals surface area contributed by atoms with Crippen LogP contribution in [0.2, 0.25) is 0 Å². The van der Waals surface area contributed by atoms with Gasteiger partial charge in [0, 0.05) is 5.56 Å². The summed E-state index contributed by atoms with van der Waals surface area (Å²) in [6.07, 6.45) is 13.9. The van der Waals surface area contributed by atoms with Gasteiger partial charge < -0.3 is 9.59 Å². The molecule has 1 rings (SSSR count). The van der Waals surface area contributed by atoms with Gasteiger partial charge in [-0.1, -0.05) is 82.6 Å². The third kappa shape index (κ3) is 9.44. The van der Waals surface area contributed by atoms with E-state index in [0.717, 1.165) is 16.6 Å². The highest BCUT2D eigenvalue weighted by Gasteiger charge is 2.17. The molecule has 24 heavy (non-hydrogen) atoms. The van der Waals surface area contributed by atoms with Crippen molar-refractivity contribution < 1.29 is 9.59 Å². The molecule has 1 N–H and O–H groups in total. The fraction of sp³-hybridized carbons (Fsp3) is 0.727. The van der Waals surface area contributed by atoms with E-state index in [9.17, 15) is 5.11 Å². The van der Waals surface area contributed by atoms with Crippen molar-refractivity contribution in [2.24, 2.45) is 0 Å². The second kappa shape index (κ2) is 12.5. The van der Waals surface area contributed by atoms with Crippen LogP contribution in [0.25, 0.3) is 0 Å². The molecule has 0 aliphatic carbocycles.